The zero-order chi connectivity index (χ0) is 18.4. The number of ether oxygens (including phenoxy) is 2. The van der Waals surface area contributed by atoms with Crippen LogP contribution in [0, 0.1) is 5.92 Å². The Kier molecular flexibility index (Phi) is 6.45. The molecule has 0 aliphatic carbocycles. The Labute approximate surface area is 150 Å². The number of hydrogen-bond acceptors (Lipinski definition) is 3. The molecule has 1 atom stereocenters. The Hall–Kier alpha value is -2.49. The van der Waals surface area contributed by atoms with Gasteiger partial charge in [-0.1, -0.05) is 38.1 Å². The number of carbonyl (C=O) groups excluding carboxylic acids is 1. The van der Waals surface area contributed by atoms with Crippen molar-refractivity contribution in [2.24, 2.45) is 5.92 Å². The topological polar surface area (TPSA) is 47.6 Å². The number of methoxy groups -OCH3 is 2. The predicted octanol–water partition coefficient (Wildman–Crippen LogP) is 4.64. The van der Waals surface area contributed by atoms with Crippen molar-refractivity contribution >= 4 is 11.6 Å². The fraction of sp³-hybridized carbons (Fsp3) is 0.381. The van der Waals surface area contributed by atoms with Crippen LogP contribution in [0.15, 0.2) is 42.5 Å². The lowest BCUT2D eigenvalue weighted by Crippen LogP contribution is -2.19. The van der Waals surface area contributed by atoms with Crippen LogP contribution < -0.4 is 14.8 Å². The molecule has 2 aromatic rings. The molecule has 2 rings (SSSR count). The number of amides is 1. The van der Waals surface area contributed by atoms with Crippen molar-refractivity contribution in [3.8, 4) is 11.5 Å². The summed E-state index contributed by atoms with van der Waals surface area (Å²) in [5, 5.41) is 2.94. The lowest BCUT2D eigenvalue weighted by Gasteiger charge is -2.15. The number of anilines is 1. The monoisotopic (exact) mass is 341 g/mol. The smallest absolute Gasteiger partial charge is 0.231 e. The van der Waals surface area contributed by atoms with E-state index in [0.717, 1.165) is 12.0 Å². The van der Waals surface area contributed by atoms with E-state index in [1.54, 1.807) is 32.4 Å². The molecule has 0 spiro atoms. The molecule has 25 heavy (non-hydrogen) atoms. The van der Waals surface area contributed by atoms with Crippen molar-refractivity contribution in [2.75, 3.05) is 19.5 Å². The van der Waals surface area contributed by atoms with Crippen molar-refractivity contribution in [1.82, 2.24) is 0 Å². The first-order chi connectivity index (χ1) is 11.9. The highest BCUT2D eigenvalue weighted by Gasteiger charge is 2.16. The standard InChI is InChI=1S/C21H27NO3/c1-14(2)10-16-6-8-17(9-7-16)15(3)21(23)22-18-11-19(24-4)13-20(12-18)25-5/h6-9,11-15H,10H2,1-5H3,(H,22,23)/t15-/m1/s1. The molecule has 2 aromatic carbocycles. The Morgan fingerprint density at radius 1 is 0.960 bits per heavy atom. The zero-order valence-electron chi connectivity index (χ0n) is 15.6. The summed E-state index contributed by atoms with van der Waals surface area (Å²) < 4.78 is 10.5. The highest BCUT2D eigenvalue weighted by molar-refractivity contribution is 5.95. The third-order valence-corrected chi connectivity index (χ3v) is 4.14. The van der Waals surface area contributed by atoms with Crippen LogP contribution in [0.5, 0.6) is 11.5 Å². The molecule has 0 fully saturated rings. The summed E-state index contributed by atoms with van der Waals surface area (Å²) >= 11 is 0. The first-order valence-corrected chi connectivity index (χ1v) is 8.55. The number of rotatable bonds is 7. The minimum absolute atomic E-state index is 0.0630. The van der Waals surface area contributed by atoms with Gasteiger partial charge in [-0.3, -0.25) is 4.79 Å². The van der Waals surface area contributed by atoms with E-state index in [9.17, 15) is 4.79 Å². The summed E-state index contributed by atoms with van der Waals surface area (Å²) in [6.45, 7) is 6.31. The molecule has 1 amide bonds. The van der Waals surface area contributed by atoms with E-state index >= 15 is 0 Å². The Morgan fingerprint density at radius 3 is 2.00 bits per heavy atom. The summed E-state index contributed by atoms with van der Waals surface area (Å²) in [7, 11) is 3.17. The molecule has 134 valence electrons. The highest BCUT2D eigenvalue weighted by atomic mass is 16.5. The van der Waals surface area contributed by atoms with E-state index in [2.05, 4.69) is 31.3 Å². The van der Waals surface area contributed by atoms with E-state index in [0.29, 0.717) is 23.1 Å². The van der Waals surface area contributed by atoms with Crippen molar-refractivity contribution in [1.29, 1.82) is 0 Å². The molecule has 0 radical (unpaired) electrons. The van der Waals surface area contributed by atoms with Gasteiger partial charge in [-0.15, -0.1) is 0 Å². The van der Waals surface area contributed by atoms with Crippen LogP contribution in [0.25, 0.3) is 0 Å². The molecule has 0 saturated carbocycles. The summed E-state index contributed by atoms with van der Waals surface area (Å²) in [6, 6.07) is 13.6. The zero-order valence-corrected chi connectivity index (χ0v) is 15.6. The van der Waals surface area contributed by atoms with E-state index in [1.165, 1.54) is 5.56 Å². The summed E-state index contributed by atoms with van der Waals surface area (Å²) in [5.74, 6) is 1.59. The van der Waals surface area contributed by atoms with Crippen LogP contribution in [-0.2, 0) is 11.2 Å². The van der Waals surface area contributed by atoms with Crippen molar-refractivity contribution in [3.63, 3.8) is 0 Å². The molecule has 0 aliphatic rings. The van der Waals surface area contributed by atoms with Gasteiger partial charge in [0.05, 0.1) is 20.1 Å². The fourth-order valence-corrected chi connectivity index (χ4v) is 2.70. The minimum atomic E-state index is -0.245. The van der Waals surface area contributed by atoms with Crippen LogP contribution >= 0.6 is 0 Å². The molecular formula is C21H27NO3. The van der Waals surface area contributed by atoms with Gasteiger partial charge in [-0.05, 0) is 30.4 Å². The largest absolute Gasteiger partial charge is 0.497 e. The van der Waals surface area contributed by atoms with Gasteiger partial charge in [0.2, 0.25) is 5.91 Å². The normalized spacial score (nSPS) is 11.9. The maximum absolute atomic E-state index is 12.6. The van der Waals surface area contributed by atoms with Crippen molar-refractivity contribution in [3.05, 3.63) is 53.6 Å². The molecule has 4 heteroatoms. The average Bonchev–Trinajstić information content (AvgIpc) is 2.60. The quantitative estimate of drug-likeness (QED) is 0.798. The van der Waals surface area contributed by atoms with Gasteiger partial charge in [0.15, 0.2) is 0 Å². The van der Waals surface area contributed by atoms with Crippen molar-refractivity contribution in [2.45, 2.75) is 33.1 Å². The Morgan fingerprint density at radius 2 is 1.52 bits per heavy atom. The maximum atomic E-state index is 12.6. The third-order valence-electron chi connectivity index (χ3n) is 4.14. The second kappa shape index (κ2) is 8.56. The van der Waals surface area contributed by atoms with Gasteiger partial charge in [0.25, 0.3) is 0 Å². The van der Waals surface area contributed by atoms with E-state index in [4.69, 9.17) is 9.47 Å². The van der Waals surface area contributed by atoms with E-state index < -0.39 is 0 Å². The summed E-state index contributed by atoms with van der Waals surface area (Å²) in [5.41, 5.74) is 2.95. The molecule has 0 saturated heterocycles. The van der Waals surface area contributed by atoms with Gasteiger partial charge in [0.1, 0.15) is 11.5 Å². The molecule has 0 bridgehead atoms. The summed E-state index contributed by atoms with van der Waals surface area (Å²) in [6.07, 6.45) is 1.05. The van der Waals surface area contributed by atoms with Gasteiger partial charge in [-0.2, -0.15) is 0 Å². The second-order valence-corrected chi connectivity index (χ2v) is 6.65. The molecule has 4 nitrogen and oxygen atoms in total. The summed E-state index contributed by atoms with van der Waals surface area (Å²) in [4.78, 5) is 12.6. The Bertz CT molecular complexity index is 685. The molecule has 1 N–H and O–H groups in total. The van der Waals surface area contributed by atoms with Gasteiger partial charge < -0.3 is 14.8 Å². The highest BCUT2D eigenvalue weighted by Crippen LogP contribution is 2.27. The minimum Gasteiger partial charge on any atom is -0.497 e. The lowest BCUT2D eigenvalue weighted by molar-refractivity contribution is -0.117. The van der Waals surface area contributed by atoms with Crippen LogP contribution in [0.3, 0.4) is 0 Å². The SMILES string of the molecule is COc1cc(NC(=O)[C@H](C)c2ccc(CC(C)C)cc2)cc(OC)c1. The Balaban J connectivity index is 2.09. The number of nitrogens with one attached hydrogen (secondary N) is 1. The average molecular weight is 341 g/mol. The molecular weight excluding hydrogens is 314 g/mol. The predicted molar refractivity (Wildman–Crippen MR) is 102 cm³/mol. The fourth-order valence-electron chi connectivity index (χ4n) is 2.70. The van der Waals surface area contributed by atoms with Crippen molar-refractivity contribution < 1.29 is 14.3 Å². The van der Waals surface area contributed by atoms with Crippen LogP contribution in [-0.4, -0.2) is 20.1 Å². The van der Waals surface area contributed by atoms with Gasteiger partial charge >= 0.3 is 0 Å². The van der Waals surface area contributed by atoms with Crippen LogP contribution in [0.2, 0.25) is 0 Å². The van der Waals surface area contributed by atoms with Gasteiger partial charge in [0, 0.05) is 23.9 Å². The third kappa shape index (κ3) is 5.24. The molecule has 0 unspecified atom stereocenters. The van der Waals surface area contributed by atoms with Gasteiger partial charge in [-0.25, -0.2) is 0 Å². The molecule has 0 aliphatic heterocycles. The molecule has 0 aromatic heterocycles. The number of hydrogen-bond donors (Lipinski definition) is 1. The van der Waals surface area contributed by atoms with E-state index in [1.807, 2.05) is 19.1 Å². The number of benzene rings is 2. The molecule has 0 heterocycles. The second-order valence-electron chi connectivity index (χ2n) is 6.65. The maximum Gasteiger partial charge on any atom is 0.231 e. The van der Waals surface area contributed by atoms with Crippen LogP contribution in [0.4, 0.5) is 5.69 Å². The van der Waals surface area contributed by atoms with E-state index in [-0.39, 0.29) is 11.8 Å². The first-order valence-electron chi connectivity index (χ1n) is 8.55. The first kappa shape index (κ1) is 18.8. The van der Waals surface area contributed by atoms with Crippen LogP contribution in [0.1, 0.15) is 37.8 Å². The number of carbonyl (C=O) groups is 1. The lowest BCUT2D eigenvalue weighted by atomic mass is 9.96.